The maximum absolute atomic E-state index is 11.7. The normalized spacial score (nSPS) is 12.1. The third-order valence-corrected chi connectivity index (χ3v) is 4.10. The van der Waals surface area contributed by atoms with Crippen molar-refractivity contribution in [1.82, 2.24) is 14.8 Å². The smallest absolute Gasteiger partial charge is 0.273 e. The minimum Gasteiger partial charge on any atom is -0.296 e. The van der Waals surface area contributed by atoms with E-state index in [4.69, 9.17) is 5.14 Å². The molecule has 0 radical (unpaired) electrons. The summed E-state index contributed by atoms with van der Waals surface area (Å²) in [5.74, 6) is 0.766. The average molecular weight is 308 g/mol. The van der Waals surface area contributed by atoms with Gasteiger partial charge in [-0.3, -0.25) is 4.57 Å². The van der Waals surface area contributed by atoms with E-state index < -0.39 is 10.0 Å². The van der Waals surface area contributed by atoms with Crippen molar-refractivity contribution in [2.45, 2.75) is 39.4 Å². The summed E-state index contributed by atoms with van der Waals surface area (Å²) in [6.07, 6.45) is 0. The Balaban J connectivity index is 2.63. The van der Waals surface area contributed by atoms with Crippen molar-refractivity contribution in [3.8, 4) is 11.4 Å². The van der Waals surface area contributed by atoms with Crippen LogP contribution in [-0.2, 0) is 16.6 Å². The molecule has 2 N–H and O–H groups in total. The highest BCUT2D eigenvalue weighted by molar-refractivity contribution is 7.89. The summed E-state index contributed by atoms with van der Waals surface area (Å²) in [6, 6.07) is 5.87. The van der Waals surface area contributed by atoms with Crippen molar-refractivity contribution in [3.05, 3.63) is 29.3 Å². The lowest BCUT2D eigenvalue weighted by Crippen LogP contribution is -2.20. The van der Waals surface area contributed by atoms with Gasteiger partial charge in [0.1, 0.15) is 0 Å². The second-order valence-corrected chi connectivity index (χ2v) is 7.11. The van der Waals surface area contributed by atoms with E-state index >= 15 is 0 Å². The van der Waals surface area contributed by atoms with Gasteiger partial charge in [-0.05, 0) is 37.0 Å². The summed E-state index contributed by atoms with van der Waals surface area (Å²) in [5, 5.41) is 12.8. The number of hydrogen-bond acceptors (Lipinski definition) is 4. The topological polar surface area (TPSA) is 90.9 Å². The number of aromatic nitrogens is 3. The third kappa shape index (κ3) is 3.30. The monoisotopic (exact) mass is 308 g/mol. The molecule has 6 nitrogen and oxygen atoms in total. The number of nitrogens with two attached hydrogens (primary N) is 1. The second kappa shape index (κ2) is 5.57. The van der Waals surface area contributed by atoms with Gasteiger partial charge in [-0.1, -0.05) is 26.0 Å². The fraction of sp³-hybridized carbons (Fsp3) is 0.429. The van der Waals surface area contributed by atoms with Gasteiger partial charge in [-0.15, -0.1) is 10.2 Å². The summed E-state index contributed by atoms with van der Waals surface area (Å²) in [5.41, 5.74) is 3.12. The zero-order valence-electron chi connectivity index (χ0n) is 12.7. The fourth-order valence-corrected chi connectivity index (χ4v) is 2.75. The van der Waals surface area contributed by atoms with Gasteiger partial charge in [-0.25, -0.2) is 13.6 Å². The number of rotatable bonds is 4. The lowest BCUT2D eigenvalue weighted by atomic mass is 10.1. The molecule has 0 aliphatic carbocycles. The Morgan fingerprint density at radius 1 is 1.19 bits per heavy atom. The van der Waals surface area contributed by atoms with Gasteiger partial charge >= 0.3 is 0 Å². The van der Waals surface area contributed by atoms with Crippen LogP contribution in [0, 0.1) is 19.8 Å². The first kappa shape index (κ1) is 15.7. The first-order chi connectivity index (χ1) is 9.70. The van der Waals surface area contributed by atoms with Crippen LogP contribution in [0.2, 0.25) is 0 Å². The number of primary sulfonamides is 1. The van der Waals surface area contributed by atoms with E-state index in [0.29, 0.717) is 12.4 Å². The maximum atomic E-state index is 11.7. The van der Waals surface area contributed by atoms with Gasteiger partial charge < -0.3 is 0 Å². The lowest BCUT2D eigenvalue weighted by molar-refractivity contribution is 0.486. The van der Waals surface area contributed by atoms with Crippen molar-refractivity contribution >= 4 is 10.0 Å². The van der Waals surface area contributed by atoms with Crippen molar-refractivity contribution in [2.24, 2.45) is 11.1 Å². The van der Waals surface area contributed by atoms with Gasteiger partial charge in [0, 0.05) is 12.1 Å². The zero-order valence-corrected chi connectivity index (χ0v) is 13.5. The van der Waals surface area contributed by atoms with Crippen LogP contribution < -0.4 is 5.14 Å². The van der Waals surface area contributed by atoms with Gasteiger partial charge in [0.15, 0.2) is 5.82 Å². The molecule has 0 saturated heterocycles. The number of hydrogen-bond donors (Lipinski definition) is 1. The lowest BCUT2D eigenvalue weighted by Gasteiger charge is -2.12. The van der Waals surface area contributed by atoms with Gasteiger partial charge in [-0.2, -0.15) is 0 Å². The van der Waals surface area contributed by atoms with Crippen molar-refractivity contribution in [1.29, 1.82) is 0 Å². The quantitative estimate of drug-likeness (QED) is 0.933. The Labute approximate surface area is 125 Å². The summed E-state index contributed by atoms with van der Waals surface area (Å²) < 4.78 is 24.9. The molecular weight excluding hydrogens is 288 g/mol. The SMILES string of the molecule is Cc1ccc(-c2nnc(S(N)(=O)=O)n2CC(C)C)cc1C. The van der Waals surface area contributed by atoms with Crippen LogP contribution in [0.1, 0.15) is 25.0 Å². The molecule has 0 aliphatic rings. The minimum absolute atomic E-state index is 0.190. The van der Waals surface area contributed by atoms with Crippen LogP contribution in [0.15, 0.2) is 23.4 Å². The third-order valence-electron chi connectivity index (χ3n) is 3.28. The molecule has 0 amide bonds. The van der Waals surface area contributed by atoms with Gasteiger partial charge in [0.25, 0.3) is 15.2 Å². The van der Waals surface area contributed by atoms with E-state index in [9.17, 15) is 8.42 Å². The molecular formula is C14H20N4O2S. The highest BCUT2D eigenvalue weighted by Gasteiger charge is 2.22. The Morgan fingerprint density at radius 2 is 1.86 bits per heavy atom. The molecule has 2 aromatic rings. The van der Waals surface area contributed by atoms with E-state index in [1.54, 1.807) is 4.57 Å². The summed E-state index contributed by atoms with van der Waals surface area (Å²) in [6.45, 7) is 8.51. The summed E-state index contributed by atoms with van der Waals surface area (Å²) in [7, 11) is -3.90. The minimum atomic E-state index is -3.90. The Bertz CT molecular complexity index is 763. The second-order valence-electron chi connectivity index (χ2n) is 5.65. The van der Waals surface area contributed by atoms with Crippen LogP contribution >= 0.6 is 0 Å². The molecule has 0 atom stereocenters. The molecule has 0 unspecified atom stereocenters. The predicted octanol–water partition coefficient (Wildman–Crippen LogP) is 1.87. The highest BCUT2D eigenvalue weighted by atomic mass is 32.2. The first-order valence-corrected chi connectivity index (χ1v) is 8.28. The van der Waals surface area contributed by atoms with Gasteiger partial charge in [0.05, 0.1) is 0 Å². The van der Waals surface area contributed by atoms with Crippen LogP contribution in [0.5, 0.6) is 0 Å². The molecule has 0 saturated carbocycles. The highest BCUT2D eigenvalue weighted by Crippen LogP contribution is 2.23. The summed E-state index contributed by atoms with van der Waals surface area (Å²) >= 11 is 0. The van der Waals surface area contributed by atoms with Crippen molar-refractivity contribution < 1.29 is 8.42 Å². The van der Waals surface area contributed by atoms with Crippen LogP contribution in [-0.4, -0.2) is 23.2 Å². The van der Waals surface area contributed by atoms with Crippen molar-refractivity contribution in [3.63, 3.8) is 0 Å². The molecule has 0 spiro atoms. The Hall–Kier alpha value is -1.73. The number of nitrogens with zero attached hydrogens (tertiary/aromatic N) is 3. The van der Waals surface area contributed by atoms with E-state index in [1.807, 2.05) is 45.9 Å². The predicted molar refractivity (Wildman–Crippen MR) is 81.1 cm³/mol. The van der Waals surface area contributed by atoms with E-state index in [-0.39, 0.29) is 11.1 Å². The van der Waals surface area contributed by atoms with Crippen LogP contribution in [0.3, 0.4) is 0 Å². The molecule has 7 heteroatoms. The largest absolute Gasteiger partial charge is 0.296 e. The number of aryl methyl sites for hydroxylation is 2. The fourth-order valence-electron chi connectivity index (χ4n) is 2.12. The first-order valence-electron chi connectivity index (χ1n) is 6.73. The molecule has 114 valence electrons. The van der Waals surface area contributed by atoms with E-state index in [1.165, 1.54) is 5.56 Å². The van der Waals surface area contributed by atoms with Crippen molar-refractivity contribution in [2.75, 3.05) is 0 Å². The van der Waals surface area contributed by atoms with E-state index in [0.717, 1.165) is 11.1 Å². The van der Waals surface area contributed by atoms with Crippen LogP contribution in [0.4, 0.5) is 0 Å². The van der Waals surface area contributed by atoms with Gasteiger partial charge in [0.2, 0.25) is 0 Å². The zero-order chi connectivity index (χ0) is 15.8. The summed E-state index contributed by atoms with van der Waals surface area (Å²) in [4.78, 5) is 0. The molecule has 0 fully saturated rings. The molecule has 2 rings (SSSR count). The Kier molecular flexibility index (Phi) is 4.15. The standard InChI is InChI=1S/C14H20N4O2S/c1-9(2)8-18-13(16-17-14(18)21(15,19)20)12-6-5-10(3)11(4)7-12/h5-7,9H,8H2,1-4H3,(H2,15,19,20). The number of benzene rings is 1. The number of sulfonamides is 1. The van der Waals surface area contributed by atoms with E-state index in [2.05, 4.69) is 10.2 Å². The maximum Gasteiger partial charge on any atom is 0.273 e. The molecule has 0 bridgehead atoms. The Morgan fingerprint density at radius 3 is 2.38 bits per heavy atom. The molecule has 1 aromatic carbocycles. The van der Waals surface area contributed by atoms with Crippen LogP contribution in [0.25, 0.3) is 11.4 Å². The molecule has 0 aliphatic heterocycles. The molecule has 21 heavy (non-hydrogen) atoms. The molecule has 1 aromatic heterocycles. The molecule has 1 heterocycles. The average Bonchev–Trinajstić information content (AvgIpc) is 2.75.